The minimum Gasteiger partial charge on any atom is -0.326 e. The molecule has 2 N–H and O–H groups in total. The zero-order valence-electron chi connectivity index (χ0n) is 20.2. The number of anilines is 2. The number of aryl methyl sites for hydroxylation is 1. The van der Waals surface area contributed by atoms with Gasteiger partial charge in [-0.15, -0.1) is 11.8 Å². The average molecular weight is 492 g/mol. The Kier molecular flexibility index (Phi) is 8.30. The number of nitrogens with one attached hydrogen (secondary N) is 2. The van der Waals surface area contributed by atoms with Gasteiger partial charge in [-0.1, -0.05) is 57.2 Å². The molecule has 0 aromatic heterocycles. The van der Waals surface area contributed by atoms with Crippen LogP contribution in [0.25, 0.3) is 0 Å². The van der Waals surface area contributed by atoms with Gasteiger partial charge in [0.15, 0.2) is 0 Å². The number of rotatable bonds is 8. The van der Waals surface area contributed by atoms with Gasteiger partial charge in [0.1, 0.15) is 5.25 Å². The summed E-state index contributed by atoms with van der Waals surface area (Å²) in [7, 11) is 0. The number of carbonyl (C=O) groups excluding carboxylic acids is 2. The maximum atomic E-state index is 13.3. The van der Waals surface area contributed by atoms with Crippen LogP contribution in [-0.2, 0) is 9.59 Å². The number of hydrogen-bond acceptors (Lipinski definition) is 5. The lowest BCUT2D eigenvalue weighted by atomic mass is 9.92. The number of nitrogens with zero attached hydrogens (tertiary/aromatic N) is 1. The van der Waals surface area contributed by atoms with E-state index >= 15 is 0 Å². The lowest BCUT2D eigenvalue weighted by molar-refractivity contribution is -0.384. The topological polar surface area (TPSA) is 101 Å². The summed E-state index contributed by atoms with van der Waals surface area (Å²) in [4.78, 5) is 37.1. The number of thioether (sulfide) groups is 1. The van der Waals surface area contributed by atoms with Gasteiger partial charge in [-0.05, 0) is 47.7 Å². The van der Waals surface area contributed by atoms with Crippen molar-refractivity contribution in [1.82, 2.24) is 0 Å². The third kappa shape index (κ3) is 7.68. The van der Waals surface area contributed by atoms with Crippen molar-refractivity contribution in [2.45, 2.75) is 44.3 Å². The largest absolute Gasteiger partial charge is 0.326 e. The zero-order chi connectivity index (χ0) is 25.6. The Hall–Kier alpha value is -3.65. The second kappa shape index (κ2) is 11.2. The van der Waals surface area contributed by atoms with Crippen LogP contribution in [-0.4, -0.2) is 16.7 Å². The van der Waals surface area contributed by atoms with E-state index in [1.54, 1.807) is 13.0 Å². The van der Waals surface area contributed by atoms with Gasteiger partial charge in [0, 0.05) is 29.1 Å². The van der Waals surface area contributed by atoms with E-state index in [0.717, 1.165) is 16.0 Å². The van der Waals surface area contributed by atoms with Crippen LogP contribution >= 0.6 is 11.8 Å². The lowest BCUT2D eigenvalue weighted by Gasteiger charge is -2.19. The fourth-order valence-corrected chi connectivity index (χ4v) is 4.42. The molecule has 3 rings (SSSR count). The third-order valence-electron chi connectivity index (χ3n) is 5.11. The number of nitro groups is 1. The number of non-ortho nitro benzene ring substituents is 1. The van der Waals surface area contributed by atoms with E-state index in [2.05, 4.69) is 10.6 Å². The number of amides is 2. The Morgan fingerprint density at radius 2 is 1.63 bits per heavy atom. The minimum absolute atomic E-state index is 0.0493. The SMILES string of the molecule is Cc1ccc([N+](=O)[O-])cc1NC(=O)C(Sc1ccc(NC(=O)CC(C)(C)C)cc1)c1ccccc1. The zero-order valence-corrected chi connectivity index (χ0v) is 21.0. The predicted molar refractivity (Wildman–Crippen MR) is 141 cm³/mol. The minimum atomic E-state index is -0.587. The molecule has 3 aromatic rings. The second-order valence-corrected chi connectivity index (χ2v) is 10.6. The maximum Gasteiger partial charge on any atom is 0.271 e. The summed E-state index contributed by atoms with van der Waals surface area (Å²) in [6, 6.07) is 21.1. The molecule has 3 aromatic carbocycles. The summed E-state index contributed by atoms with van der Waals surface area (Å²) in [6.45, 7) is 7.82. The molecular weight excluding hydrogens is 462 g/mol. The molecule has 0 saturated carbocycles. The molecule has 0 aliphatic heterocycles. The van der Waals surface area contributed by atoms with Gasteiger partial charge >= 0.3 is 0 Å². The van der Waals surface area contributed by atoms with Crippen molar-refractivity contribution < 1.29 is 14.5 Å². The summed E-state index contributed by atoms with van der Waals surface area (Å²) < 4.78 is 0. The van der Waals surface area contributed by atoms with E-state index in [1.165, 1.54) is 23.9 Å². The van der Waals surface area contributed by atoms with Crippen molar-refractivity contribution >= 4 is 40.6 Å². The lowest BCUT2D eigenvalue weighted by Crippen LogP contribution is -2.20. The maximum absolute atomic E-state index is 13.3. The first-order chi connectivity index (χ1) is 16.5. The first-order valence-corrected chi connectivity index (χ1v) is 12.1. The van der Waals surface area contributed by atoms with Crippen molar-refractivity contribution in [1.29, 1.82) is 0 Å². The molecular formula is C27H29N3O4S. The van der Waals surface area contributed by atoms with Crippen molar-refractivity contribution in [2.75, 3.05) is 10.6 Å². The van der Waals surface area contributed by atoms with Gasteiger partial charge < -0.3 is 10.6 Å². The van der Waals surface area contributed by atoms with Gasteiger partial charge in [-0.2, -0.15) is 0 Å². The molecule has 0 bridgehead atoms. The summed E-state index contributed by atoms with van der Waals surface area (Å²) in [6.07, 6.45) is 0.414. The van der Waals surface area contributed by atoms with Crippen LogP contribution in [0.2, 0.25) is 0 Å². The van der Waals surface area contributed by atoms with Crippen LogP contribution < -0.4 is 10.6 Å². The molecule has 1 atom stereocenters. The predicted octanol–water partition coefficient (Wildman–Crippen LogP) is 6.75. The summed E-state index contributed by atoms with van der Waals surface area (Å²) in [5, 5.41) is 16.4. The van der Waals surface area contributed by atoms with Crippen molar-refractivity contribution in [3.8, 4) is 0 Å². The Bertz CT molecular complexity index is 1210. The Balaban J connectivity index is 1.79. The van der Waals surface area contributed by atoms with Gasteiger partial charge in [0.25, 0.3) is 5.69 Å². The summed E-state index contributed by atoms with van der Waals surface area (Å²) >= 11 is 1.36. The second-order valence-electron chi connectivity index (χ2n) is 9.46. The van der Waals surface area contributed by atoms with E-state index in [4.69, 9.17) is 0 Å². The van der Waals surface area contributed by atoms with Crippen LogP contribution in [0, 0.1) is 22.5 Å². The highest BCUT2D eigenvalue weighted by Crippen LogP contribution is 2.37. The molecule has 0 spiro atoms. The van der Waals surface area contributed by atoms with E-state index in [9.17, 15) is 19.7 Å². The van der Waals surface area contributed by atoms with E-state index in [-0.39, 0.29) is 22.9 Å². The quantitative estimate of drug-likeness (QED) is 0.206. The molecule has 7 nitrogen and oxygen atoms in total. The van der Waals surface area contributed by atoms with Crippen molar-refractivity contribution in [2.24, 2.45) is 5.41 Å². The Morgan fingerprint density at radius 1 is 0.971 bits per heavy atom. The molecule has 182 valence electrons. The molecule has 8 heteroatoms. The van der Waals surface area contributed by atoms with Crippen LogP contribution in [0.1, 0.15) is 43.6 Å². The van der Waals surface area contributed by atoms with Gasteiger partial charge in [-0.25, -0.2) is 0 Å². The van der Waals surface area contributed by atoms with Crippen LogP contribution in [0.3, 0.4) is 0 Å². The molecule has 0 aliphatic rings. The number of hydrogen-bond donors (Lipinski definition) is 2. The number of benzene rings is 3. The molecule has 0 radical (unpaired) electrons. The number of nitro benzene ring substituents is 1. The van der Waals surface area contributed by atoms with Crippen LogP contribution in [0.4, 0.5) is 17.1 Å². The first-order valence-electron chi connectivity index (χ1n) is 11.2. The number of carbonyl (C=O) groups is 2. The van der Waals surface area contributed by atoms with E-state index in [0.29, 0.717) is 17.8 Å². The summed E-state index contributed by atoms with van der Waals surface area (Å²) in [5.41, 5.74) is 2.45. The highest BCUT2D eigenvalue weighted by Gasteiger charge is 2.23. The third-order valence-corrected chi connectivity index (χ3v) is 6.38. The van der Waals surface area contributed by atoms with Crippen LogP contribution in [0.15, 0.2) is 77.7 Å². The fraction of sp³-hybridized carbons (Fsp3) is 0.259. The molecule has 0 heterocycles. The molecule has 0 fully saturated rings. The first kappa shape index (κ1) is 26.0. The molecule has 0 aliphatic carbocycles. The molecule has 1 unspecified atom stereocenters. The smallest absolute Gasteiger partial charge is 0.271 e. The van der Waals surface area contributed by atoms with E-state index in [1.807, 2.05) is 75.4 Å². The highest BCUT2D eigenvalue weighted by molar-refractivity contribution is 8.00. The Labute approximate surface area is 209 Å². The average Bonchev–Trinajstić information content (AvgIpc) is 2.79. The van der Waals surface area contributed by atoms with Crippen molar-refractivity contribution in [3.05, 3.63) is 94.0 Å². The summed E-state index contributed by atoms with van der Waals surface area (Å²) in [5.74, 6) is -0.334. The monoisotopic (exact) mass is 491 g/mol. The van der Waals surface area contributed by atoms with E-state index < -0.39 is 10.2 Å². The van der Waals surface area contributed by atoms with Crippen LogP contribution in [0.5, 0.6) is 0 Å². The molecule has 35 heavy (non-hydrogen) atoms. The van der Waals surface area contributed by atoms with Gasteiger partial charge in [0.05, 0.1) is 10.6 Å². The normalized spacial score (nSPS) is 12.0. The van der Waals surface area contributed by atoms with Crippen molar-refractivity contribution in [3.63, 3.8) is 0 Å². The molecule has 2 amide bonds. The van der Waals surface area contributed by atoms with Gasteiger partial charge in [-0.3, -0.25) is 19.7 Å². The van der Waals surface area contributed by atoms with Gasteiger partial charge in [0.2, 0.25) is 11.8 Å². The molecule has 0 saturated heterocycles. The fourth-order valence-electron chi connectivity index (χ4n) is 3.40. The Morgan fingerprint density at radius 3 is 2.23 bits per heavy atom. The standard InChI is InChI=1S/C27H29N3O4S/c1-18-10-13-21(30(33)34)16-23(18)29-26(32)25(19-8-6-5-7-9-19)35-22-14-11-20(12-15-22)28-24(31)17-27(2,3)4/h5-16,25H,17H2,1-4H3,(H,28,31)(H,29,32). The highest BCUT2D eigenvalue weighted by atomic mass is 32.2.